The summed E-state index contributed by atoms with van der Waals surface area (Å²) in [4.78, 5) is 11.7. The number of halogens is 4. The molecule has 0 amide bonds. The van der Waals surface area contributed by atoms with Gasteiger partial charge in [0.25, 0.3) is 0 Å². The lowest BCUT2D eigenvalue weighted by Gasteiger charge is -2.12. The van der Waals surface area contributed by atoms with E-state index in [1.807, 2.05) is 26.0 Å². The van der Waals surface area contributed by atoms with Crippen molar-refractivity contribution in [2.24, 2.45) is 0 Å². The van der Waals surface area contributed by atoms with Crippen LogP contribution in [0.2, 0.25) is 5.28 Å². The van der Waals surface area contributed by atoms with Crippen LogP contribution in [0.5, 0.6) is 5.75 Å². The number of methoxy groups -OCH3 is 1. The summed E-state index contributed by atoms with van der Waals surface area (Å²) in [5, 5.41) is 3.19. The van der Waals surface area contributed by atoms with E-state index in [4.69, 9.17) is 16.3 Å². The van der Waals surface area contributed by atoms with Gasteiger partial charge in [-0.15, -0.1) is 0 Å². The lowest BCUT2D eigenvalue weighted by Crippen LogP contribution is -2.05. The van der Waals surface area contributed by atoms with E-state index in [2.05, 4.69) is 20.3 Å². The van der Waals surface area contributed by atoms with Crippen molar-refractivity contribution < 1.29 is 17.9 Å². The largest absolute Gasteiger partial charge is 0.491 e. The first-order valence-corrected chi connectivity index (χ1v) is 9.12. The van der Waals surface area contributed by atoms with Crippen LogP contribution in [0.3, 0.4) is 0 Å². The summed E-state index contributed by atoms with van der Waals surface area (Å²) >= 11 is 5.81. The molecule has 0 saturated heterocycles. The summed E-state index contributed by atoms with van der Waals surface area (Å²) in [6.45, 7) is 4.03. The highest BCUT2D eigenvalue weighted by Crippen LogP contribution is 2.32. The SMILES string of the molecule is COc1cnc(Cl)nc1NCc1ccc(-c2nc(C(F)(F)F)cn2C(C)C)cc1. The van der Waals surface area contributed by atoms with E-state index < -0.39 is 11.9 Å². The number of ether oxygens (including phenoxy) is 1. The molecule has 0 atom stereocenters. The first-order valence-electron chi connectivity index (χ1n) is 8.75. The van der Waals surface area contributed by atoms with Crippen molar-refractivity contribution in [3.63, 3.8) is 0 Å². The number of anilines is 1. The van der Waals surface area contributed by atoms with Gasteiger partial charge in [-0.2, -0.15) is 18.2 Å². The van der Waals surface area contributed by atoms with Crippen LogP contribution in [0, 0.1) is 0 Å². The van der Waals surface area contributed by atoms with Crippen LogP contribution < -0.4 is 10.1 Å². The standard InChI is InChI=1S/C19H19ClF3N5O/c1-11(2)28-10-15(19(21,22)23)26-17(28)13-6-4-12(5-7-13)8-24-16-14(29-3)9-25-18(20)27-16/h4-7,9-11H,8H2,1-3H3,(H,24,25,27). The van der Waals surface area contributed by atoms with Crippen LogP contribution in [0.1, 0.15) is 31.1 Å². The van der Waals surface area contributed by atoms with Gasteiger partial charge in [-0.1, -0.05) is 24.3 Å². The molecule has 10 heteroatoms. The first-order chi connectivity index (χ1) is 13.7. The molecule has 154 valence electrons. The van der Waals surface area contributed by atoms with Gasteiger partial charge in [0, 0.05) is 24.3 Å². The Morgan fingerprint density at radius 1 is 1.17 bits per heavy atom. The Kier molecular flexibility index (Phi) is 5.97. The van der Waals surface area contributed by atoms with Crippen molar-refractivity contribution in [2.45, 2.75) is 32.6 Å². The molecule has 3 aromatic rings. The third kappa shape index (κ3) is 4.79. The molecule has 29 heavy (non-hydrogen) atoms. The van der Waals surface area contributed by atoms with Crippen molar-refractivity contribution in [3.05, 3.63) is 53.2 Å². The topological polar surface area (TPSA) is 64.9 Å². The van der Waals surface area contributed by atoms with Gasteiger partial charge in [0.15, 0.2) is 17.3 Å². The average Bonchev–Trinajstić information content (AvgIpc) is 3.13. The molecular formula is C19H19ClF3N5O. The van der Waals surface area contributed by atoms with Gasteiger partial charge in [0.05, 0.1) is 13.3 Å². The van der Waals surface area contributed by atoms with Crippen LogP contribution in [0.25, 0.3) is 11.4 Å². The van der Waals surface area contributed by atoms with E-state index in [0.717, 1.165) is 11.8 Å². The monoisotopic (exact) mass is 425 g/mol. The van der Waals surface area contributed by atoms with Gasteiger partial charge in [0.2, 0.25) is 5.28 Å². The zero-order chi connectivity index (χ0) is 21.2. The number of hydrogen-bond donors (Lipinski definition) is 1. The maximum Gasteiger partial charge on any atom is 0.434 e. The lowest BCUT2D eigenvalue weighted by molar-refractivity contribution is -0.140. The summed E-state index contributed by atoms with van der Waals surface area (Å²) in [7, 11) is 1.50. The van der Waals surface area contributed by atoms with Crippen molar-refractivity contribution in [1.29, 1.82) is 0 Å². The summed E-state index contributed by atoms with van der Waals surface area (Å²) in [5.74, 6) is 1.17. The third-order valence-corrected chi connectivity index (χ3v) is 4.38. The van der Waals surface area contributed by atoms with Crippen molar-refractivity contribution in [2.75, 3.05) is 12.4 Å². The van der Waals surface area contributed by atoms with E-state index in [0.29, 0.717) is 23.7 Å². The average molecular weight is 426 g/mol. The first kappa shape index (κ1) is 20.9. The number of imidazole rings is 1. The minimum absolute atomic E-state index is 0.0876. The number of benzene rings is 1. The smallest absolute Gasteiger partial charge is 0.434 e. The second-order valence-corrected chi connectivity index (χ2v) is 6.89. The van der Waals surface area contributed by atoms with Crippen LogP contribution in [-0.2, 0) is 12.7 Å². The number of aromatic nitrogens is 4. The number of hydrogen-bond acceptors (Lipinski definition) is 5. The van der Waals surface area contributed by atoms with Gasteiger partial charge < -0.3 is 14.6 Å². The summed E-state index contributed by atoms with van der Waals surface area (Å²) < 4.78 is 45.9. The molecule has 0 radical (unpaired) electrons. The normalized spacial score (nSPS) is 11.7. The summed E-state index contributed by atoms with van der Waals surface area (Å²) in [5.41, 5.74) is 0.588. The Bertz CT molecular complexity index is 986. The highest BCUT2D eigenvalue weighted by molar-refractivity contribution is 6.28. The molecule has 0 aliphatic carbocycles. The van der Waals surface area contributed by atoms with E-state index in [1.54, 1.807) is 12.1 Å². The van der Waals surface area contributed by atoms with Crippen molar-refractivity contribution in [3.8, 4) is 17.1 Å². The van der Waals surface area contributed by atoms with Crippen LogP contribution in [0.4, 0.5) is 19.0 Å². The van der Waals surface area contributed by atoms with Gasteiger partial charge >= 0.3 is 6.18 Å². The minimum atomic E-state index is -4.49. The van der Waals surface area contributed by atoms with Crippen molar-refractivity contribution in [1.82, 2.24) is 19.5 Å². The van der Waals surface area contributed by atoms with E-state index in [-0.39, 0.29) is 17.1 Å². The molecule has 0 unspecified atom stereocenters. The molecular weight excluding hydrogens is 407 g/mol. The molecule has 0 bridgehead atoms. The zero-order valence-corrected chi connectivity index (χ0v) is 16.7. The predicted octanol–water partition coefficient (Wildman–Crippen LogP) is 5.21. The Balaban J connectivity index is 1.81. The molecule has 2 aromatic heterocycles. The Morgan fingerprint density at radius 3 is 2.45 bits per heavy atom. The molecule has 6 nitrogen and oxygen atoms in total. The Labute approximate surface area is 170 Å². The van der Waals surface area contributed by atoms with Gasteiger partial charge in [0.1, 0.15) is 5.82 Å². The minimum Gasteiger partial charge on any atom is -0.491 e. The summed E-state index contributed by atoms with van der Waals surface area (Å²) in [6, 6.07) is 6.93. The highest BCUT2D eigenvalue weighted by atomic mass is 35.5. The number of nitrogens with one attached hydrogen (secondary N) is 1. The predicted molar refractivity (Wildman–Crippen MR) is 104 cm³/mol. The number of alkyl halides is 3. The van der Waals surface area contributed by atoms with Gasteiger partial charge in [-0.25, -0.2) is 9.97 Å². The maximum atomic E-state index is 13.1. The van der Waals surface area contributed by atoms with E-state index in [1.165, 1.54) is 17.9 Å². The molecule has 0 aliphatic rings. The number of rotatable bonds is 6. The zero-order valence-electron chi connectivity index (χ0n) is 16.0. The molecule has 0 spiro atoms. The van der Waals surface area contributed by atoms with Crippen molar-refractivity contribution >= 4 is 17.4 Å². The van der Waals surface area contributed by atoms with E-state index in [9.17, 15) is 13.2 Å². The second kappa shape index (κ2) is 8.28. The van der Waals surface area contributed by atoms with Crippen LogP contribution >= 0.6 is 11.6 Å². The lowest BCUT2D eigenvalue weighted by atomic mass is 10.1. The van der Waals surface area contributed by atoms with E-state index >= 15 is 0 Å². The molecule has 0 fully saturated rings. The quantitative estimate of drug-likeness (QED) is 0.549. The molecule has 1 N–H and O–H groups in total. The highest BCUT2D eigenvalue weighted by Gasteiger charge is 2.35. The number of nitrogens with zero attached hydrogens (tertiary/aromatic N) is 4. The molecule has 0 aliphatic heterocycles. The fourth-order valence-electron chi connectivity index (χ4n) is 2.72. The third-order valence-electron chi connectivity index (χ3n) is 4.20. The molecule has 1 aromatic carbocycles. The molecule has 2 heterocycles. The fourth-order valence-corrected chi connectivity index (χ4v) is 2.85. The fraction of sp³-hybridized carbons (Fsp3) is 0.316. The maximum absolute atomic E-state index is 13.1. The summed E-state index contributed by atoms with van der Waals surface area (Å²) in [6.07, 6.45) is -1.98. The molecule has 3 rings (SSSR count). The molecule has 0 saturated carbocycles. The second-order valence-electron chi connectivity index (χ2n) is 6.56. The Morgan fingerprint density at radius 2 is 1.86 bits per heavy atom. The van der Waals surface area contributed by atoms with Crippen LogP contribution in [-0.4, -0.2) is 26.6 Å². The van der Waals surface area contributed by atoms with Gasteiger partial charge in [-0.3, -0.25) is 0 Å². The Hall–Kier alpha value is -2.81. The van der Waals surface area contributed by atoms with Crippen LogP contribution in [0.15, 0.2) is 36.7 Å². The van der Waals surface area contributed by atoms with Gasteiger partial charge in [-0.05, 0) is 31.0 Å².